The minimum Gasteiger partial charge on any atom is -0.507 e. The van der Waals surface area contributed by atoms with Crippen LogP contribution in [0, 0.1) is 13.8 Å². The summed E-state index contributed by atoms with van der Waals surface area (Å²) in [4.78, 5) is 13.3. The molecule has 0 amide bonds. The van der Waals surface area contributed by atoms with E-state index in [1.165, 1.54) is 18.1 Å². The van der Waals surface area contributed by atoms with Crippen molar-refractivity contribution in [2.24, 2.45) is 0 Å². The van der Waals surface area contributed by atoms with Crippen LogP contribution in [0.1, 0.15) is 28.4 Å². The molecule has 0 unspecified atom stereocenters. The second kappa shape index (κ2) is 5.37. The van der Waals surface area contributed by atoms with E-state index in [2.05, 4.69) is 32.0 Å². The van der Waals surface area contributed by atoms with E-state index in [-0.39, 0.29) is 11.5 Å². The third kappa shape index (κ3) is 2.82. The van der Waals surface area contributed by atoms with Gasteiger partial charge in [-0.15, -0.1) is 0 Å². The van der Waals surface area contributed by atoms with Gasteiger partial charge in [0, 0.05) is 24.5 Å². The van der Waals surface area contributed by atoms with Crippen molar-refractivity contribution >= 4 is 17.2 Å². The van der Waals surface area contributed by atoms with Crippen LogP contribution in [0.5, 0.6) is 5.75 Å². The quantitative estimate of drug-likeness (QED) is 0.857. The summed E-state index contributed by atoms with van der Waals surface area (Å²) in [7, 11) is 1.94. The Morgan fingerprint density at radius 3 is 2.10 bits per heavy atom. The molecule has 1 N–H and O–H groups in total. The molecule has 0 saturated carbocycles. The lowest BCUT2D eigenvalue weighted by Crippen LogP contribution is -2.10. The second-order valence-corrected chi connectivity index (χ2v) is 5.16. The molecule has 3 heteroatoms. The molecule has 2 aromatic rings. The highest BCUT2D eigenvalue weighted by Crippen LogP contribution is 2.30. The smallest absolute Gasteiger partial charge is 0.163 e. The first kappa shape index (κ1) is 14.1. The van der Waals surface area contributed by atoms with E-state index < -0.39 is 0 Å². The maximum atomic E-state index is 11.3. The molecule has 0 aromatic heterocycles. The number of nitrogens with zero attached hydrogens (tertiary/aromatic N) is 1. The number of carbonyl (C=O) groups excluding carboxylic acids is 1. The summed E-state index contributed by atoms with van der Waals surface area (Å²) in [6.45, 7) is 5.56. The van der Waals surface area contributed by atoms with Gasteiger partial charge >= 0.3 is 0 Å². The normalized spacial score (nSPS) is 10.4. The topological polar surface area (TPSA) is 40.5 Å². The van der Waals surface area contributed by atoms with Crippen LogP contribution in [-0.2, 0) is 0 Å². The fourth-order valence-electron chi connectivity index (χ4n) is 2.32. The number of phenolic OH excluding ortho intramolecular Hbond substituents is 1. The minimum absolute atomic E-state index is 0.0197. The Labute approximate surface area is 119 Å². The number of benzene rings is 2. The number of hydrogen-bond acceptors (Lipinski definition) is 3. The van der Waals surface area contributed by atoms with Crippen LogP contribution in [-0.4, -0.2) is 17.9 Å². The Bertz CT molecular complexity index is 642. The average molecular weight is 269 g/mol. The number of carbonyl (C=O) groups is 1. The molecule has 0 fully saturated rings. The molecule has 0 radical (unpaired) electrons. The van der Waals surface area contributed by atoms with Crippen molar-refractivity contribution in [2.75, 3.05) is 11.9 Å². The second-order valence-electron chi connectivity index (χ2n) is 5.16. The molecule has 0 spiro atoms. The van der Waals surface area contributed by atoms with Gasteiger partial charge in [0.05, 0.1) is 5.56 Å². The lowest BCUT2D eigenvalue weighted by molar-refractivity contribution is 0.101. The Morgan fingerprint density at radius 1 is 1.00 bits per heavy atom. The first-order valence-electron chi connectivity index (χ1n) is 6.54. The van der Waals surface area contributed by atoms with Crippen molar-refractivity contribution in [1.29, 1.82) is 0 Å². The summed E-state index contributed by atoms with van der Waals surface area (Å²) in [6, 6.07) is 11.4. The Kier molecular flexibility index (Phi) is 3.79. The number of ketones is 1. The SMILES string of the molecule is CC(=O)c1ccc(N(C)c2cc(C)cc(C)c2)cc1O. The number of hydrogen-bond donors (Lipinski definition) is 1. The predicted octanol–water partition coefficient (Wildman–Crippen LogP) is 3.98. The highest BCUT2D eigenvalue weighted by Gasteiger charge is 2.10. The lowest BCUT2D eigenvalue weighted by Gasteiger charge is -2.21. The summed E-state index contributed by atoms with van der Waals surface area (Å²) in [5.41, 5.74) is 4.63. The molecule has 0 aliphatic rings. The van der Waals surface area contributed by atoms with Crippen molar-refractivity contribution in [3.63, 3.8) is 0 Å². The van der Waals surface area contributed by atoms with Crippen LogP contribution in [0.4, 0.5) is 11.4 Å². The molecule has 0 saturated heterocycles. The van der Waals surface area contributed by atoms with Gasteiger partial charge in [-0.2, -0.15) is 0 Å². The van der Waals surface area contributed by atoms with Gasteiger partial charge in [0.2, 0.25) is 0 Å². The Hall–Kier alpha value is -2.29. The van der Waals surface area contributed by atoms with Crippen LogP contribution in [0.3, 0.4) is 0 Å². The molecule has 104 valence electrons. The molecule has 0 aliphatic carbocycles. The van der Waals surface area contributed by atoms with E-state index in [1.807, 2.05) is 18.0 Å². The number of anilines is 2. The highest BCUT2D eigenvalue weighted by atomic mass is 16.3. The molecule has 0 heterocycles. The summed E-state index contributed by atoms with van der Waals surface area (Å²) < 4.78 is 0. The standard InChI is InChI=1S/C17H19NO2/c1-11-7-12(2)9-15(8-11)18(4)14-5-6-16(13(3)19)17(20)10-14/h5-10,20H,1-4H3. The fourth-order valence-corrected chi connectivity index (χ4v) is 2.32. The zero-order valence-corrected chi connectivity index (χ0v) is 12.3. The van der Waals surface area contributed by atoms with Crippen LogP contribution in [0.25, 0.3) is 0 Å². The van der Waals surface area contributed by atoms with Crippen LogP contribution >= 0.6 is 0 Å². The van der Waals surface area contributed by atoms with Gasteiger partial charge in [0.1, 0.15) is 5.75 Å². The monoisotopic (exact) mass is 269 g/mol. The van der Waals surface area contributed by atoms with Gasteiger partial charge in [0.25, 0.3) is 0 Å². The summed E-state index contributed by atoms with van der Waals surface area (Å²) >= 11 is 0. The molecule has 20 heavy (non-hydrogen) atoms. The van der Waals surface area contributed by atoms with Gasteiger partial charge in [-0.1, -0.05) is 6.07 Å². The van der Waals surface area contributed by atoms with Crippen molar-refractivity contribution < 1.29 is 9.90 Å². The van der Waals surface area contributed by atoms with Gasteiger partial charge < -0.3 is 10.0 Å². The number of aryl methyl sites for hydroxylation is 2. The Morgan fingerprint density at radius 2 is 1.60 bits per heavy atom. The molecule has 0 atom stereocenters. The number of aromatic hydroxyl groups is 1. The van der Waals surface area contributed by atoms with E-state index in [0.29, 0.717) is 5.56 Å². The molecule has 2 aromatic carbocycles. The van der Waals surface area contributed by atoms with Crippen molar-refractivity contribution in [3.05, 3.63) is 53.1 Å². The van der Waals surface area contributed by atoms with E-state index in [4.69, 9.17) is 0 Å². The zero-order chi connectivity index (χ0) is 14.9. The fraction of sp³-hybridized carbons (Fsp3) is 0.235. The van der Waals surface area contributed by atoms with E-state index >= 15 is 0 Å². The van der Waals surface area contributed by atoms with Gasteiger partial charge in [-0.3, -0.25) is 4.79 Å². The van der Waals surface area contributed by atoms with Crippen LogP contribution in [0.2, 0.25) is 0 Å². The minimum atomic E-state index is -0.136. The lowest BCUT2D eigenvalue weighted by atomic mass is 10.1. The van der Waals surface area contributed by atoms with Gasteiger partial charge in [-0.25, -0.2) is 0 Å². The third-order valence-corrected chi connectivity index (χ3v) is 3.34. The number of Topliss-reactive ketones (excluding diaryl/α,β-unsaturated/α-hetero) is 1. The van der Waals surface area contributed by atoms with E-state index in [9.17, 15) is 9.90 Å². The summed E-state index contributed by atoms with van der Waals surface area (Å²) in [5.74, 6) is -0.116. The van der Waals surface area contributed by atoms with Crippen molar-refractivity contribution in [2.45, 2.75) is 20.8 Å². The molecular formula is C17H19NO2. The third-order valence-electron chi connectivity index (χ3n) is 3.34. The maximum Gasteiger partial charge on any atom is 0.163 e. The maximum absolute atomic E-state index is 11.3. The van der Waals surface area contributed by atoms with E-state index in [1.54, 1.807) is 12.1 Å². The highest BCUT2D eigenvalue weighted by molar-refractivity contribution is 5.97. The zero-order valence-electron chi connectivity index (χ0n) is 12.3. The number of phenols is 1. The first-order valence-corrected chi connectivity index (χ1v) is 6.54. The van der Waals surface area contributed by atoms with E-state index in [0.717, 1.165) is 11.4 Å². The molecule has 0 bridgehead atoms. The molecule has 3 nitrogen and oxygen atoms in total. The average Bonchev–Trinajstić information content (AvgIpc) is 2.36. The molecule has 0 aliphatic heterocycles. The molecule has 2 rings (SSSR count). The van der Waals surface area contributed by atoms with Crippen LogP contribution in [0.15, 0.2) is 36.4 Å². The first-order chi connectivity index (χ1) is 9.38. The van der Waals surface area contributed by atoms with Crippen molar-refractivity contribution in [3.8, 4) is 5.75 Å². The molecular weight excluding hydrogens is 250 g/mol. The van der Waals surface area contributed by atoms with Crippen LogP contribution < -0.4 is 4.90 Å². The predicted molar refractivity (Wildman–Crippen MR) is 82.1 cm³/mol. The summed E-state index contributed by atoms with van der Waals surface area (Å²) in [5, 5.41) is 9.92. The number of rotatable bonds is 3. The Balaban J connectivity index is 2.40. The largest absolute Gasteiger partial charge is 0.507 e. The van der Waals surface area contributed by atoms with Crippen molar-refractivity contribution in [1.82, 2.24) is 0 Å². The van der Waals surface area contributed by atoms with Gasteiger partial charge in [0.15, 0.2) is 5.78 Å². The van der Waals surface area contributed by atoms with Gasteiger partial charge in [-0.05, 0) is 56.2 Å². The summed E-state index contributed by atoms with van der Waals surface area (Å²) in [6.07, 6.45) is 0.